The monoisotopic (exact) mass is 670 g/mol. The molecule has 238 valence electrons. The van der Waals surface area contributed by atoms with Gasteiger partial charge in [0.25, 0.3) is 0 Å². The summed E-state index contributed by atoms with van der Waals surface area (Å²) in [4.78, 5) is 20.2. The molecule has 7 heteroatoms. The van der Waals surface area contributed by atoms with Crippen LogP contribution in [0.25, 0.3) is 98.2 Å². The number of para-hydroxylation sites is 3. The molecule has 6 nitrogen and oxygen atoms in total. The molecule has 0 atom stereocenters. The zero-order valence-corrected chi connectivity index (χ0v) is 27.9. The first-order valence-electron chi connectivity index (χ1n) is 16.9. The van der Waals surface area contributed by atoms with Crippen molar-refractivity contribution in [1.29, 1.82) is 0 Å². The van der Waals surface area contributed by atoms with Crippen molar-refractivity contribution in [2.24, 2.45) is 0 Å². The molecule has 0 aliphatic carbocycles. The summed E-state index contributed by atoms with van der Waals surface area (Å²) >= 11 is 1.83. The number of thiophene rings is 1. The standard InChI is InChI=1S/C44H26N6S/c1-2-12-27(13-3-1)42-46-43(30-16-6-10-20-35(30)49-33-18-8-4-14-28(33)32-26-45-25-24-36(32)49)48-44(47-42)50-34-19-9-5-15-29(34)40-37(50)22-23-39-41(40)31-17-7-11-21-38(31)51-39/h1-26H. The van der Waals surface area contributed by atoms with E-state index in [9.17, 15) is 0 Å². The van der Waals surface area contributed by atoms with E-state index in [1.807, 2.05) is 41.9 Å². The summed E-state index contributed by atoms with van der Waals surface area (Å²) in [5.74, 6) is 1.79. The molecule has 0 unspecified atom stereocenters. The van der Waals surface area contributed by atoms with E-state index < -0.39 is 0 Å². The topological polar surface area (TPSA) is 61.4 Å². The molecule has 0 bridgehead atoms. The lowest BCUT2D eigenvalue weighted by molar-refractivity contribution is 0.952. The maximum Gasteiger partial charge on any atom is 0.238 e. The number of nitrogens with zero attached hydrogens (tertiary/aromatic N) is 6. The molecule has 11 rings (SSSR count). The fraction of sp³-hybridized carbons (Fsp3) is 0. The molecule has 0 saturated heterocycles. The molecule has 0 aliphatic heterocycles. The first-order valence-corrected chi connectivity index (χ1v) is 17.7. The summed E-state index contributed by atoms with van der Waals surface area (Å²) in [5.41, 5.74) is 7.10. The second-order valence-corrected chi connectivity index (χ2v) is 13.8. The average Bonchev–Trinajstić information content (AvgIpc) is 3.86. The van der Waals surface area contributed by atoms with Gasteiger partial charge in [-0.15, -0.1) is 11.3 Å². The van der Waals surface area contributed by atoms with E-state index in [0.717, 1.165) is 49.7 Å². The highest BCUT2D eigenvalue weighted by atomic mass is 32.1. The minimum Gasteiger partial charge on any atom is -0.308 e. The van der Waals surface area contributed by atoms with Gasteiger partial charge < -0.3 is 4.57 Å². The number of hydrogen-bond acceptors (Lipinski definition) is 5. The summed E-state index contributed by atoms with van der Waals surface area (Å²) in [6, 6.07) is 50.8. The molecule has 5 heterocycles. The number of pyridine rings is 1. The van der Waals surface area contributed by atoms with Crippen LogP contribution < -0.4 is 0 Å². The molecule has 0 N–H and O–H groups in total. The summed E-state index contributed by atoms with van der Waals surface area (Å²) < 4.78 is 7.06. The van der Waals surface area contributed by atoms with Crippen LogP contribution in [0.3, 0.4) is 0 Å². The summed E-state index contributed by atoms with van der Waals surface area (Å²) in [7, 11) is 0. The van der Waals surface area contributed by atoms with Crippen molar-refractivity contribution in [3.05, 3.63) is 158 Å². The second kappa shape index (κ2) is 10.9. The Kier molecular flexibility index (Phi) is 6.02. The highest BCUT2D eigenvalue weighted by molar-refractivity contribution is 7.26. The minimum absolute atomic E-state index is 0.574. The maximum absolute atomic E-state index is 5.35. The van der Waals surface area contributed by atoms with Crippen molar-refractivity contribution in [2.45, 2.75) is 0 Å². The van der Waals surface area contributed by atoms with Crippen LogP contribution in [0.2, 0.25) is 0 Å². The Labute approximate surface area is 295 Å². The number of rotatable bonds is 4. The van der Waals surface area contributed by atoms with Crippen LogP contribution in [0.1, 0.15) is 0 Å². The van der Waals surface area contributed by atoms with E-state index in [4.69, 9.17) is 15.0 Å². The summed E-state index contributed by atoms with van der Waals surface area (Å²) in [5, 5.41) is 7.16. The van der Waals surface area contributed by atoms with Gasteiger partial charge in [-0.2, -0.15) is 9.97 Å². The third kappa shape index (κ3) is 4.16. The molecular formula is C44H26N6S. The largest absolute Gasteiger partial charge is 0.308 e. The predicted octanol–water partition coefficient (Wildman–Crippen LogP) is 11.2. The first kappa shape index (κ1) is 28.2. The Morgan fingerprint density at radius 3 is 2.00 bits per heavy atom. The Morgan fingerprint density at radius 2 is 1.12 bits per heavy atom. The highest BCUT2D eigenvalue weighted by Gasteiger charge is 2.22. The third-order valence-electron chi connectivity index (χ3n) is 9.89. The molecule has 0 aliphatic rings. The van der Waals surface area contributed by atoms with Gasteiger partial charge in [0, 0.05) is 65.2 Å². The van der Waals surface area contributed by atoms with Crippen LogP contribution in [-0.2, 0) is 0 Å². The van der Waals surface area contributed by atoms with Crippen molar-refractivity contribution in [3.8, 4) is 34.4 Å². The van der Waals surface area contributed by atoms with Crippen molar-refractivity contribution in [1.82, 2.24) is 29.1 Å². The summed E-state index contributed by atoms with van der Waals surface area (Å²) in [6.07, 6.45) is 3.80. The van der Waals surface area contributed by atoms with Gasteiger partial charge in [-0.1, -0.05) is 97.1 Å². The van der Waals surface area contributed by atoms with E-state index in [-0.39, 0.29) is 0 Å². The molecular weight excluding hydrogens is 645 g/mol. The zero-order chi connectivity index (χ0) is 33.5. The van der Waals surface area contributed by atoms with Crippen LogP contribution in [-0.4, -0.2) is 29.1 Å². The Bertz CT molecular complexity index is 3100. The first-order chi connectivity index (χ1) is 25.3. The quantitative estimate of drug-likeness (QED) is 0.187. The molecule has 0 spiro atoms. The van der Waals surface area contributed by atoms with Crippen molar-refractivity contribution < 1.29 is 0 Å². The average molecular weight is 671 g/mol. The Morgan fingerprint density at radius 1 is 0.431 bits per heavy atom. The molecule has 6 aromatic carbocycles. The molecule has 5 aromatic heterocycles. The van der Waals surface area contributed by atoms with Crippen molar-refractivity contribution >= 4 is 75.1 Å². The fourth-order valence-corrected chi connectivity index (χ4v) is 8.84. The molecule has 0 saturated carbocycles. The smallest absolute Gasteiger partial charge is 0.238 e. The maximum atomic E-state index is 5.35. The predicted molar refractivity (Wildman–Crippen MR) is 210 cm³/mol. The van der Waals surface area contributed by atoms with E-state index in [2.05, 4.69) is 142 Å². The normalized spacial score (nSPS) is 11.9. The lowest BCUT2D eigenvalue weighted by Gasteiger charge is -2.15. The van der Waals surface area contributed by atoms with Crippen LogP contribution in [0.15, 0.2) is 158 Å². The Balaban J connectivity index is 1.23. The lowest BCUT2D eigenvalue weighted by atomic mass is 10.1. The number of aromatic nitrogens is 6. The van der Waals surface area contributed by atoms with Crippen molar-refractivity contribution in [2.75, 3.05) is 0 Å². The van der Waals surface area contributed by atoms with Gasteiger partial charge in [-0.25, -0.2) is 4.98 Å². The van der Waals surface area contributed by atoms with E-state index in [1.54, 1.807) is 0 Å². The summed E-state index contributed by atoms with van der Waals surface area (Å²) in [6.45, 7) is 0. The second-order valence-electron chi connectivity index (χ2n) is 12.7. The van der Waals surface area contributed by atoms with Crippen LogP contribution >= 0.6 is 11.3 Å². The molecule has 0 fully saturated rings. The van der Waals surface area contributed by atoms with E-state index in [0.29, 0.717) is 17.6 Å². The zero-order valence-electron chi connectivity index (χ0n) is 27.1. The van der Waals surface area contributed by atoms with Gasteiger partial charge in [0.05, 0.1) is 27.8 Å². The van der Waals surface area contributed by atoms with Gasteiger partial charge in [0.2, 0.25) is 5.95 Å². The highest BCUT2D eigenvalue weighted by Crippen LogP contribution is 2.43. The Hall–Kier alpha value is -6.70. The van der Waals surface area contributed by atoms with Gasteiger partial charge in [-0.3, -0.25) is 9.55 Å². The number of hydrogen-bond donors (Lipinski definition) is 0. The molecule has 0 amide bonds. The third-order valence-corrected chi connectivity index (χ3v) is 11.0. The van der Waals surface area contributed by atoms with Gasteiger partial charge in [0.1, 0.15) is 0 Å². The molecule has 0 radical (unpaired) electrons. The number of benzene rings is 6. The SMILES string of the molecule is c1ccc(-c2nc(-c3ccccc3-n3c4ccccc4c4cnccc43)nc(-n3c4ccccc4c4c5c(ccc43)sc3ccccc35)n2)cc1. The van der Waals surface area contributed by atoms with Gasteiger partial charge >= 0.3 is 0 Å². The molecule has 51 heavy (non-hydrogen) atoms. The van der Waals surface area contributed by atoms with Crippen LogP contribution in [0.4, 0.5) is 0 Å². The van der Waals surface area contributed by atoms with Crippen LogP contribution in [0, 0.1) is 0 Å². The fourth-order valence-electron chi connectivity index (χ4n) is 7.72. The van der Waals surface area contributed by atoms with E-state index >= 15 is 0 Å². The minimum atomic E-state index is 0.574. The van der Waals surface area contributed by atoms with Gasteiger partial charge in [-0.05, 0) is 48.5 Å². The van der Waals surface area contributed by atoms with Crippen LogP contribution in [0.5, 0.6) is 0 Å². The van der Waals surface area contributed by atoms with Crippen molar-refractivity contribution in [3.63, 3.8) is 0 Å². The van der Waals surface area contributed by atoms with E-state index in [1.165, 1.54) is 30.9 Å². The lowest BCUT2D eigenvalue weighted by Crippen LogP contribution is -2.07. The number of fused-ring (bicyclic) bond motifs is 10. The van der Waals surface area contributed by atoms with Gasteiger partial charge in [0.15, 0.2) is 11.6 Å². The molecule has 11 aromatic rings.